The number of nitrogens with zero attached hydrogens (tertiary/aromatic N) is 5. The Kier molecular flexibility index (Phi) is 10.7. The minimum atomic E-state index is -1.05. The zero-order valence-electron chi connectivity index (χ0n) is 30.9. The molecule has 0 spiro atoms. The van der Waals surface area contributed by atoms with Crippen molar-refractivity contribution in [1.82, 2.24) is 23.3 Å². The summed E-state index contributed by atoms with van der Waals surface area (Å²) in [4.78, 5) is 56.3. The lowest BCUT2D eigenvalue weighted by Crippen LogP contribution is -2.45. The van der Waals surface area contributed by atoms with Crippen LogP contribution in [0.2, 0.25) is 5.02 Å². The molecule has 10 nitrogen and oxygen atoms in total. The highest BCUT2D eigenvalue weighted by molar-refractivity contribution is 7.16. The lowest BCUT2D eigenvalue weighted by molar-refractivity contribution is -0.0236. The molecule has 3 aromatic heterocycles. The van der Waals surface area contributed by atoms with Gasteiger partial charge in [-0.15, -0.1) is 11.3 Å². The summed E-state index contributed by atoms with van der Waals surface area (Å²) in [6.45, 7) is 0.558. The molecule has 1 saturated heterocycles. The summed E-state index contributed by atoms with van der Waals surface area (Å²) < 4.78 is 39.7. The van der Waals surface area contributed by atoms with Gasteiger partial charge in [0.25, 0.3) is 11.1 Å². The third-order valence-electron chi connectivity index (χ3n) is 9.40. The van der Waals surface area contributed by atoms with E-state index in [0.717, 1.165) is 22.3 Å². The second kappa shape index (κ2) is 16.4. The second-order valence-electron chi connectivity index (χ2n) is 13.2. The number of thiazole rings is 1. The van der Waals surface area contributed by atoms with E-state index in [-0.39, 0.29) is 40.7 Å². The first-order valence-electron chi connectivity index (χ1n) is 17.9. The zero-order chi connectivity index (χ0) is 41.2. The van der Waals surface area contributed by atoms with Crippen LogP contribution in [-0.2, 0) is 11.8 Å². The number of para-hydroxylation sites is 1. The van der Waals surface area contributed by atoms with E-state index in [1.807, 2.05) is 36.4 Å². The van der Waals surface area contributed by atoms with Crippen LogP contribution < -0.4 is 22.5 Å². The maximum absolute atomic E-state index is 15.1. The molecule has 0 N–H and O–H groups in total. The van der Waals surface area contributed by atoms with Gasteiger partial charge in [-0.2, -0.15) is 0 Å². The molecule has 4 heterocycles. The molecule has 1 aliphatic heterocycles. The van der Waals surface area contributed by atoms with E-state index in [4.69, 9.17) is 16.3 Å². The van der Waals surface area contributed by atoms with Crippen molar-refractivity contribution in [3.05, 3.63) is 201 Å². The van der Waals surface area contributed by atoms with Gasteiger partial charge < -0.3 is 4.74 Å². The Balaban J connectivity index is 0.000000167. The molecule has 8 aromatic rings. The van der Waals surface area contributed by atoms with Gasteiger partial charge in [0.2, 0.25) is 0 Å². The van der Waals surface area contributed by atoms with Gasteiger partial charge in [0, 0.05) is 29.3 Å². The van der Waals surface area contributed by atoms with Gasteiger partial charge in [0.05, 0.1) is 46.4 Å². The largest absolute Gasteiger partial charge is 0.377 e. The molecule has 9 rings (SSSR count). The Morgan fingerprint density at radius 2 is 1.29 bits per heavy atom. The topological polar surface area (TPSA) is 110 Å². The smallest absolute Gasteiger partial charge is 0.336 e. The highest BCUT2D eigenvalue weighted by Crippen LogP contribution is 2.24. The number of ether oxygens (including phenoxy) is 1. The summed E-state index contributed by atoms with van der Waals surface area (Å²) in [6.07, 6.45) is 0. The molecule has 0 aliphatic carbocycles. The molecular formula is C45H28ClF2N5O5S. The van der Waals surface area contributed by atoms with E-state index in [2.05, 4.69) is 28.7 Å². The average Bonchev–Trinajstić information content (AvgIpc) is 3.73. The minimum absolute atomic E-state index is 0.0918. The van der Waals surface area contributed by atoms with Gasteiger partial charge in [-0.05, 0) is 66.7 Å². The Hall–Kier alpha value is -7.16. The molecule has 0 unspecified atom stereocenters. The van der Waals surface area contributed by atoms with E-state index in [9.17, 15) is 19.2 Å². The molecule has 1 fully saturated rings. The van der Waals surface area contributed by atoms with Gasteiger partial charge in [0.1, 0.15) is 10.5 Å². The maximum Gasteiger partial charge on any atom is 0.336 e. The summed E-state index contributed by atoms with van der Waals surface area (Å²) in [5, 5.41) is 0.453. The van der Waals surface area contributed by atoms with Crippen LogP contribution in [0.3, 0.4) is 0 Å². The number of hydrogen-bond acceptors (Lipinski definition) is 7. The second-order valence-corrected chi connectivity index (χ2v) is 14.4. The van der Waals surface area contributed by atoms with E-state index in [1.165, 1.54) is 26.5 Å². The molecule has 59 heavy (non-hydrogen) atoms. The molecule has 0 radical (unpaired) electrons. The van der Waals surface area contributed by atoms with Crippen molar-refractivity contribution in [3.8, 4) is 35.1 Å². The van der Waals surface area contributed by atoms with Crippen LogP contribution in [0, 0.1) is 35.3 Å². The van der Waals surface area contributed by atoms with Crippen LogP contribution in [0.5, 0.6) is 0 Å². The van der Waals surface area contributed by atoms with Crippen LogP contribution in [0.4, 0.5) is 8.78 Å². The fourth-order valence-corrected chi connectivity index (χ4v) is 7.43. The molecule has 1 aliphatic rings. The molecule has 14 heteroatoms. The number of rotatable bonds is 3. The minimum Gasteiger partial charge on any atom is -0.377 e. The standard InChI is InChI=1S/C25H16F2N2O3.C20H12ClN3O2S/c26-20-12-17(11-10-16-6-2-1-3-7-16)13-21(27)23(20)29-24(30)19-8-4-5-9-22(19)28(25(29)31)18-14-32-15-18;1-23-19-17(22-12-27-19)18(25)24(20(23)26)16-10-9-14(11-15(16)21)8-7-13-5-3-2-4-6-13/h1-9,12-13,18H,14-15H2;2-6,9-12H,1H3. The van der Waals surface area contributed by atoms with Gasteiger partial charge in [-0.25, -0.2) is 32.5 Å². The molecule has 5 aromatic carbocycles. The van der Waals surface area contributed by atoms with E-state index in [1.54, 1.807) is 73.2 Å². The van der Waals surface area contributed by atoms with Gasteiger partial charge in [-0.1, -0.05) is 83.8 Å². The third-order valence-corrected chi connectivity index (χ3v) is 10.6. The van der Waals surface area contributed by atoms with Crippen LogP contribution in [0.25, 0.3) is 32.6 Å². The Labute approximate surface area is 342 Å². The van der Waals surface area contributed by atoms with Gasteiger partial charge in [0.15, 0.2) is 17.2 Å². The van der Waals surface area contributed by atoms with Gasteiger partial charge >= 0.3 is 11.4 Å². The van der Waals surface area contributed by atoms with Crippen molar-refractivity contribution in [2.45, 2.75) is 6.04 Å². The van der Waals surface area contributed by atoms with E-state index in [0.29, 0.717) is 31.7 Å². The van der Waals surface area contributed by atoms with Crippen molar-refractivity contribution < 1.29 is 13.5 Å². The van der Waals surface area contributed by atoms with Crippen molar-refractivity contribution >= 4 is 44.2 Å². The highest BCUT2D eigenvalue weighted by Gasteiger charge is 2.28. The number of fused-ring (bicyclic) bond motifs is 2. The van der Waals surface area contributed by atoms with Crippen molar-refractivity contribution in [3.63, 3.8) is 0 Å². The van der Waals surface area contributed by atoms with Crippen LogP contribution >= 0.6 is 22.9 Å². The van der Waals surface area contributed by atoms with Gasteiger partial charge in [-0.3, -0.25) is 18.7 Å². The number of halogens is 3. The Morgan fingerprint density at radius 3 is 1.90 bits per heavy atom. The average molecular weight is 824 g/mol. The summed E-state index contributed by atoms with van der Waals surface area (Å²) in [6, 6.07) is 31.8. The van der Waals surface area contributed by atoms with Crippen molar-refractivity contribution in [2.75, 3.05) is 13.2 Å². The van der Waals surface area contributed by atoms with Crippen molar-refractivity contribution in [1.29, 1.82) is 0 Å². The number of hydrogen-bond donors (Lipinski definition) is 0. The predicted octanol–water partition coefficient (Wildman–Crippen LogP) is 6.60. The normalized spacial score (nSPS) is 12.1. The lowest BCUT2D eigenvalue weighted by atomic mass is 10.1. The molecule has 0 atom stereocenters. The van der Waals surface area contributed by atoms with Crippen LogP contribution in [0.15, 0.2) is 140 Å². The Bertz CT molecular complexity index is 3290. The molecule has 0 amide bonds. The number of aromatic nitrogens is 5. The molecular weight excluding hydrogens is 796 g/mol. The predicted molar refractivity (Wildman–Crippen MR) is 224 cm³/mol. The fraction of sp³-hybridized carbons (Fsp3) is 0.0889. The summed E-state index contributed by atoms with van der Waals surface area (Å²) in [5.74, 6) is 9.52. The third kappa shape index (κ3) is 7.54. The lowest BCUT2D eigenvalue weighted by Gasteiger charge is -2.29. The molecule has 0 bridgehead atoms. The molecule has 290 valence electrons. The summed E-state index contributed by atoms with van der Waals surface area (Å²) in [7, 11) is 1.60. The monoisotopic (exact) mass is 823 g/mol. The maximum atomic E-state index is 15.1. The SMILES string of the molecule is Cn1c(=O)n(-c2ccc(C#Cc3ccccc3)cc2Cl)c(=O)c2ncsc21.O=c1c2ccccc2n(C2COC2)c(=O)n1-c1c(F)cc(C#Cc2ccccc2)cc1F. The van der Waals surface area contributed by atoms with E-state index < -0.39 is 39.8 Å². The fourth-order valence-electron chi connectivity index (χ4n) is 6.42. The van der Waals surface area contributed by atoms with Crippen LogP contribution in [-0.4, -0.2) is 36.5 Å². The van der Waals surface area contributed by atoms with Crippen molar-refractivity contribution in [2.24, 2.45) is 7.05 Å². The zero-order valence-corrected chi connectivity index (χ0v) is 32.4. The quantitative estimate of drug-likeness (QED) is 0.186. The van der Waals surface area contributed by atoms with E-state index >= 15 is 8.78 Å². The number of benzene rings is 5. The Morgan fingerprint density at radius 1 is 0.695 bits per heavy atom. The van der Waals surface area contributed by atoms with Crippen LogP contribution in [0.1, 0.15) is 28.3 Å². The first-order chi connectivity index (χ1) is 28.6. The highest BCUT2D eigenvalue weighted by atomic mass is 35.5. The summed E-state index contributed by atoms with van der Waals surface area (Å²) >= 11 is 7.62. The number of aryl methyl sites for hydroxylation is 1. The molecule has 0 saturated carbocycles. The first-order valence-corrected chi connectivity index (χ1v) is 19.2. The summed E-state index contributed by atoms with van der Waals surface area (Å²) in [5.41, 5.74) is 1.57. The first kappa shape index (κ1) is 38.7.